The Balaban J connectivity index is 1.68. The van der Waals surface area contributed by atoms with Crippen LogP contribution in [-0.2, 0) is 19.4 Å². The van der Waals surface area contributed by atoms with E-state index in [0.29, 0.717) is 12.3 Å². The third-order valence-electron chi connectivity index (χ3n) is 4.40. The van der Waals surface area contributed by atoms with Crippen molar-refractivity contribution in [1.29, 1.82) is 0 Å². The van der Waals surface area contributed by atoms with Crippen molar-refractivity contribution in [2.45, 2.75) is 45.2 Å². The molecule has 128 valence electrons. The summed E-state index contributed by atoms with van der Waals surface area (Å²) in [5, 5.41) is 13.8. The van der Waals surface area contributed by atoms with Crippen molar-refractivity contribution in [3.05, 3.63) is 44.9 Å². The van der Waals surface area contributed by atoms with E-state index in [1.807, 2.05) is 13.0 Å². The van der Waals surface area contributed by atoms with Gasteiger partial charge < -0.3 is 15.2 Å². The number of methoxy groups -OCH3 is 1. The summed E-state index contributed by atoms with van der Waals surface area (Å²) in [7, 11) is 1.48. The molecule has 5 nitrogen and oxygen atoms in total. The average molecular weight is 346 g/mol. The first-order valence-electron chi connectivity index (χ1n) is 8.20. The predicted octanol–water partition coefficient (Wildman–Crippen LogP) is 3.58. The maximum atomic E-state index is 11.3. The Morgan fingerprint density at radius 1 is 1.42 bits per heavy atom. The van der Waals surface area contributed by atoms with Crippen LogP contribution in [0, 0.1) is 0 Å². The number of aromatic carboxylic acids is 1. The number of carboxylic acids is 1. The van der Waals surface area contributed by atoms with Crippen LogP contribution < -0.4 is 10.1 Å². The largest absolute Gasteiger partial charge is 0.496 e. The topological polar surface area (TPSA) is 71.5 Å². The van der Waals surface area contributed by atoms with Gasteiger partial charge in [0.15, 0.2) is 0 Å². The van der Waals surface area contributed by atoms with Gasteiger partial charge in [-0.3, -0.25) is 0 Å². The van der Waals surface area contributed by atoms with Gasteiger partial charge in [0.25, 0.3) is 0 Å². The Bertz CT molecular complexity index is 718. The van der Waals surface area contributed by atoms with E-state index in [1.54, 1.807) is 23.5 Å². The summed E-state index contributed by atoms with van der Waals surface area (Å²) < 4.78 is 5.11. The van der Waals surface area contributed by atoms with Crippen molar-refractivity contribution < 1.29 is 14.6 Å². The number of aryl methyl sites for hydroxylation is 2. The summed E-state index contributed by atoms with van der Waals surface area (Å²) in [5.41, 5.74) is 2.39. The fourth-order valence-corrected chi connectivity index (χ4v) is 4.11. The number of fused-ring (bicyclic) bond motifs is 1. The van der Waals surface area contributed by atoms with Gasteiger partial charge in [-0.05, 0) is 50.3 Å². The maximum absolute atomic E-state index is 11.3. The van der Waals surface area contributed by atoms with Crippen molar-refractivity contribution >= 4 is 17.3 Å². The molecule has 1 aliphatic carbocycles. The first kappa shape index (κ1) is 16.9. The SMILES string of the molecule is COc1ccc([C@H](C)NCc2nc3c(s2)CCCC3)cc1C(=O)O. The lowest BCUT2D eigenvalue weighted by Crippen LogP contribution is -2.18. The molecule has 1 aromatic heterocycles. The number of ether oxygens (including phenoxy) is 1. The number of hydrogen-bond donors (Lipinski definition) is 2. The Labute approximate surface area is 145 Å². The van der Waals surface area contributed by atoms with E-state index in [2.05, 4.69) is 5.32 Å². The quantitative estimate of drug-likeness (QED) is 0.836. The number of rotatable bonds is 6. The van der Waals surface area contributed by atoms with Crippen LogP contribution in [0.1, 0.15) is 57.3 Å². The number of carboxylic acid groups (broad SMARTS) is 1. The van der Waals surface area contributed by atoms with Crippen molar-refractivity contribution in [1.82, 2.24) is 10.3 Å². The molecule has 24 heavy (non-hydrogen) atoms. The summed E-state index contributed by atoms with van der Waals surface area (Å²) in [6.07, 6.45) is 4.76. The molecule has 2 aromatic rings. The van der Waals surface area contributed by atoms with Gasteiger partial charge in [0.1, 0.15) is 16.3 Å². The third-order valence-corrected chi connectivity index (χ3v) is 5.56. The second-order valence-electron chi connectivity index (χ2n) is 6.05. The highest BCUT2D eigenvalue weighted by Gasteiger charge is 2.17. The number of thiazole rings is 1. The van der Waals surface area contributed by atoms with Crippen LogP contribution in [0.4, 0.5) is 0 Å². The predicted molar refractivity (Wildman–Crippen MR) is 94.0 cm³/mol. The molecule has 0 bridgehead atoms. The van der Waals surface area contributed by atoms with E-state index in [0.717, 1.165) is 23.4 Å². The molecule has 6 heteroatoms. The lowest BCUT2D eigenvalue weighted by atomic mass is 10.0. The Hall–Kier alpha value is -1.92. The van der Waals surface area contributed by atoms with Gasteiger partial charge in [0.05, 0.1) is 12.8 Å². The van der Waals surface area contributed by atoms with Crippen molar-refractivity contribution in [3.63, 3.8) is 0 Å². The number of carbonyl (C=O) groups is 1. The molecule has 0 unspecified atom stereocenters. The van der Waals surface area contributed by atoms with E-state index >= 15 is 0 Å². The summed E-state index contributed by atoms with van der Waals surface area (Å²) in [6.45, 7) is 2.73. The Morgan fingerprint density at radius 2 is 2.21 bits per heavy atom. The molecule has 1 heterocycles. The van der Waals surface area contributed by atoms with E-state index in [9.17, 15) is 9.90 Å². The number of benzene rings is 1. The van der Waals surface area contributed by atoms with Gasteiger partial charge in [-0.1, -0.05) is 6.07 Å². The fourth-order valence-electron chi connectivity index (χ4n) is 3.00. The molecule has 0 amide bonds. The molecule has 2 N–H and O–H groups in total. The molecular weight excluding hydrogens is 324 g/mol. The van der Waals surface area contributed by atoms with Crippen molar-refractivity contribution in [2.75, 3.05) is 7.11 Å². The van der Waals surface area contributed by atoms with Crippen LogP contribution in [0.5, 0.6) is 5.75 Å². The smallest absolute Gasteiger partial charge is 0.339 e. The van der Waals surface area contributed by atoms with Crippen LogP contribution >= 0.6 is 11.3 Å². The zero-order valence-corrected chi connectivity index (χ0v) is 14.8. The molecule has 1 atom stereocenters. The number of nitrogens with zero attached hydrogens (tertiary/aromatic N) is 1. The highest BCUT2D eigenvalue weighted by Crippen LogP contribution is 2.27. The molecule has 3 rings (SSSR count). The van der Waals surface area contributed by atoms with Crippen LogP contribution in [0.25, 0.3) is 0 Å². The zero-order chi connectivity index (χ0) is 17.1. The minimum atomic E-state index is -0.978. The monoisotopic (exact) mass is 346 g/mol. The average Bonchev–Trinajstić information content (AvgIpc) is 3.02. The summed E-state index contributed by atoms with van der Waals surface area (Å²) >= 11 is 1.80. The van der Waals surface area contributed by atoms with Crippen LogP contribution in [-0.4, -0.2) is 23.2 Å². The van der Waals surface area contributed by atoms with Crippen LogP contribution in [0.3, 0.4) is 0 Å². The molecule has 0 saturated carbocycles. The number of nitrogens with one attached hydrogen (secondary N) is 1. The minimum absolute atomic E-state index is 0.0370. The molecule has 0 radical (unpaired) electrons. The van der Waals surface area contributed by atoms with Gasteiger partial charge in [-0.2, -0.15) is 0 Å². The number of aromatic nitrogens is 1. The van der Waals surface area contributed by atoms with Gasteiger partial charge in [0, 0.05) is 17.5 Å². The molecule has 0 fully saturated rings. The van der Waals surface area contributed by atoms with E-state index in [1.165, 1.54) is 30.5 Å². The lowest BCUT2D eigenvalue weighted by molar-refractivity contribution is 0.0693. The van der Waals surface area contributed by atoms with E-state index < -0.39 is 5.97 Å². The van der Waals surface area contributed by atoms with Crippen molar-refractivity contribution in [3.8, 4) is 5.75 Å². The number of hydrogen-bond acceptors (Lipinski definition) is 5. The molecule has 0 saturated heterocycles. The third kappa shape index (κ3) is 3.60. The highest BCUT2D eigenvalue weighted by molar-refractivity contribution is 7.11. The normalized spacial score (nSPS) is 14.9. The van der Waals surface area contributed by atoms with Crippen LogP contribution in [0.15, 0.2) is 18.2 Å². The first-order chi connectivity index (χ1) is 11.6. The summed E-state index contributed by atoms with van der Waals surface area (Å²) in [4.78, 5) is 17.5. The van der Waals surface area contributed by atoms with Gasteiger partial charge in [-0.25, -0.2) is 9.78 Å². The molecular formula is C18H22N2O3S. The van der Waals surface area contributed by atoms with Crippen molar-refractivity contribution in [2.24, 2.45) is 0 Å². The van der Waals surface area contributed by atoms with Crippen LogP contribution in [0.2, 0.25) is 0 Å². The summed E-state index contributed by atoms with van der Waals surface area (Å²) in [6, 6.07) is 5.32. The summed E-state index contributed by atoms with van der Waals surface area (Å²) in [5.74, 6) is -0.598. The zero-order valence-electron chi connectivity index (χ0n) is 14.0. The molecule has 0 aliphatic heterocycles. The van der Waals surface area contributed by atoms with Gasteiger partial charge >= 0.3 is 5.97 Å². The molecule has 1 aliphatic rings. The van der Waals surface area contributed by atoms with Gasteiger partial charge in [0.2, 0.25) is 0 Å². The molecule has 1 aromatic carbocycles. The first-order valence-corrected chi connectivity index (χ1v) is 9.02. The maximum Gasteiger partial charge on any atom is 0.339 e. The fraction of sp³-hybridized carbons (Fsp3) is 0.444. The second kappa shape index (κ2) is 7.32. The second-order valence-corrected chi connectivity index (χ2v) is 7.22. The Morgan fingerprint density at radius 3 is 2.92 bits per heavy atom. The molecule has 0 spiro atoms. The lowest BCUT2D eigenvalue weighted by Gasteiger charge is -2.15. The van der Waals surface area contributed by atoms with E-state index in [4.69, 9.17) is 9.72 Å². The standard InChI is InChI=1S/C18H22N2O3S/c1-11(12-7-8-15(23-2)13(9-12)18(21)22)19-10-17-20-14-5-3-4-6-16(14)24-17/h7-9,11,19H,3-6,10H2,1-2H3,(H,21,22)/t11-/m0/s1. The highest BCUT2D eigenvalue weighted by atomic mass is 32.1. The Kier molecular flexibility index (Phi) is 5.16. The van der Waals surface area contributed by atoms with E-state index in [-0.39, 0.29) is 11.6 Å². The van der Waals surface area contributed by atoms with Gasteiger partial charge in [-0.15, -0.1) is 11.3 Å². The minimum Gasteiger partial charge on any atom is -0.496 e.